The minimum atomic E-state index is -0.169. The topological polar surface area (TPSA) is 47.0 Å². The maximum atomic E-state index is 12.1. The number of ether oxygens (including phenoxy) is 1. The van der Waals surface area contributed by atoms with Crippen LogP contribution in [0.5, 0.6) is 5.75 Å². The van der Waals surface area contributed by atoms with Gasteiger partial charge < -0.3 is 4.74 Å². The van der Waals surface area contributed by atoms with Crippen molar-refractivity contribution in [3.63, 3.8) is 0 Å². The lowest BCUT2D eigenvalue weighted by molar-refractivity contribution is 0.302. The number of aromatic amines is 1. The number of H-pyrrole nitrogens is 1. The molecular weight excluding hydrogens is 296 g/mol. The van der Waals surface area contributed by atoms with Crippen molar-refractivity contribution in [1.29, 1.82) is 0 Å². The number of nitrogens with zero attached hydrogens (tertiary/aromatic N) is 1. The van der Waals surface area contributed by atoms with Crippen molar-refractivity contribution < 1.29 is 4.74 Å². The molecule has 4 nitrogen and oxygen atoms in total. The summed E-state index contributed by atoms with van der Waals surface area (Å²) in [6, 6.07) is 15.2. The number of hydrogen-bond acceptors (Lipinski definition) is 3. The molecule has 1 heterocycles. The predicted octanol–water partition coefficient (Wildman–Crippen LogP) is 3.59. The molecule has 1 aliphatic carbocycles. The Balaban J connectivity index is 2.02. The Morgan fingerprint density at radius 1 is 1.09 bits per heavy atom. The zero-order valence-corrected chi connectivity index (χ0v) is 12.6. The van der Waals surface area contributed by atoms with Gasteiger partial charge in [-0.2, -0.15) is 0 Å². The van der Waals surface area contributed by atoms with Gasteiger partial charge >= 0.3 is 0 Å². The van der Waals surface area contributed by atoms with Crippen LogP contribution in [-0.2, 0) is 0 Å². The summed E-state index contributed by atoms with van der Waals surface area (Å²) in [7, 11) is 0. The maximum Gasteiger partial charge on any atom is 0.259 e. The molecule has 0 aliphatic heterocycles. The number of hydrogen-bond donors (Lipinski definition) is 1. The minimum absolute atomic E-state index is 0.169. The molecule has 0 unspecified atom stereocenters. The highest BCUT2D eigenvalue weighted by molar-refractivity contribution is 7.71. The van der Waals surface area contributed by atoms with E-state index in [1.807, 2.05) is 47.0 Å². The molecule has 0 atom stereocenters. The van der Waals surface area contributed by atoms with Crippen LogP contribution < -0.4 is 10.3 Å². The Labute approximate surface area is 132 Å². The van der Waals surface area contributed by atoms with Crippen LogP contribution in [0.25, 0.3) is 16.6 Å². The Morgan fingerprint density at radius 3 is 2.64 bits per heavy atom. The molecule has 0 radical (unpaired) electrons. The average molecular weight is 310 g/mol. The molecule has 1 aromatic heterocycles. The maximum absolute atomic E-state index is 12.1. The van der Waals surface area contributed by atoms with E-state index in [4.69, 9.17) is 17.0 Å². The van der Waals surface area contributed by atoms with Gasteiger partial charge in [0.05, 0.1) is 22.7 Å². The van der Waals surface area contributed by atoms with Gasteiger partial charge in [0, 0.05) is 0 Å². The fraction of sp³-hybridized carbons (Fsp3) is 0.176. The van der Waals surface area contributed by atoms with E-state index in [0.29, 0.717) is 16.3 Å². The van der Waals surface area contributed by atoms with E-state index >= 15 is 0 Å². The Bertz CT molecular complexity index is 970. The van der Waals surface area contributed by atoms with Crippen LogP contribution >= 0.6 is 12.2 Å². The lowest BCUT2D eigenvalue weighted by Crippen LogP contribution is -2.14. The van der Waals surface area contributed by atoms with Gasteiger partial charge in [0.25, 0.3) is 5.56 Å². The monoisotopic (exact) mass is 310 g/mol. The summed E-state index contributed by atoms with van der Waals surface area (Å²) in [4.78, 5) is 14.8. The van der Waals surface area contributed by atoms with E-state index in [-0.39, 0.29) is 5.56 Å². The van der Waals surface area contributed by atoms with Crippen molar-refractivity contribution in [2.75, 3.05) is 0 Å². The first-order valence-electron chi connectivity index (χ1n) is 7.24. The first-order chi connectivity index (χ1) is 10.7. The largest absolute Gasteiger partial charge is 0.488 e. The van der Waals surface area contributed by atoms with Crippen molar-refractivity contribution in [2.24, 2.45) is 0 Å². The van der Waals surface area contributed by atoms with E-state index in [9.17, 15) is 4.79 Å². The molecule has 3 aromatic rings. The van der Waals surface area contributed by atoms with Crippen LogP contribution in [0, 0.1) is 4.77 Å². The van der Waals surface area contributed by atoms with Crippen LogP contribution in [0.1, 0.15) is 12.8 Å². The van der Waals surface area contributed by atoms with Gasteiger partial charge in [-0.1, -0.05) is 24.3 Å². The lowest BCUT2D eigenvalue weighted by Gasteiger charge is -2.15. The fourth-order valence-electron chi connectivity index (χ4n) is 2.54. The molecule has 0 saturated heterocycles. The number of para-hydroxylation sites is 3. The Morgan fingerprint density at radius 2 is 1.82 bits per heavy atom. The summed E-state index contributed by atoms with van der Waals surface area (Å²) >= 11 is 5.39. The van der Waals surface area contributed by atoms with Gasteiger partial charge in [0.1, 0.15) is 5.75 Å². The van der Waals surface area contributed by atoms with Crippen LogP contribution in [0.3, 0.4) is 0 Å². The lowest BCUT2D eigenvalue weighted by atomic mass is 10.2. The molecule has 110 valence electrons. The average Bonchev–Trinajstić information content (AvgIpc) is 3.33. The first-order valence-corrected chi connectivity index (χ1v) is 7.65. The molecule has 22 heavy (non-hydrogen) atoms. The molecule has 1 fully saturated rings. The zero-order chi connectivity index (χ0) is 15.1. The van der Waals surface area contributed by atoms with E-state index in [1.165, 1.54) is 0 Å². The number of nitrogens with one attached hydrogen (secondary N) is 1. The Kier molecular flexibility index (Phi) is 3.08. The summed E-state index contributed by atoms with van der Waals surface area (Å²) in [5.41, 5.74) is 1.47. The molecular formula is C17H14N2O2S. The van der Waals surface area contributed by atoms with E-state index in [2.05, 4.69) is 4.98 Å². The highest BCUT2D eigenvalue weighted by atomic mass is 32.1. The molecule has 0 amide bonds. The van der Waals surface area contributed by atoms with Crippen molar-refractivity contribution in [3.8, 4) is 11.4 Å². The molecule has 0 spiro atoms. The standard InChI is InChI=1S/C17H14N2O2S/c20-16-12-5-1-2-6-13(12)19(17(22)18-16)14-7-3-4-8-15(14)21-11-9-10-11/h1-8,11H,9-10H2,(H,18,20,22). The summed E-state index contributed by atoms with van der Waals surface area (Å²) in [6.45, 7) is 0. The SMILES string of the molecule is O=c1[nH]c(=S)n(-c2ccccc2OC2CC2)c2ccccc12. The zero-order valence-electron chi connectivity index (χ0n) is 11.8. The third kappa shape index (κ3) is 2.23. The van der Waals surface area contributed by atoms with Gasteiger partial charge in [-0.3, -0.25) is 14.3 Å². The van der Waals surface area contributed by atoms with Crippen molar-refractivity contribution >= 4 is 23.1 Å². The highest BCUT2D eigenvalue weighted by Gasteiger charge is 2.25. The van der Waals surface area contributed by atoms with E-state index < -0.39 is 0 Å². The number of aromatic nitrogens is 2. The smallest absolute Gasteiger partial charge is 0.259 e. The summed E-state index contributed by atoms with van der Waals surface area (Å²) < 4.78 is 8.22. The Hall–Kier alpha value is -2.40. The molecule has 5 heteroatoms. The molecule has 1 saturated carbocycles. The first kappa shape index (κ1) is 13.3. The summed E-state index contributed by atoms with van der Waals surface area (Å²) in [6.07, 6.45) is 2.47. The second-order valence-corrected chi connectivity index (χ2v) is 5.78. The van der Waals surface area contributed by atoms with Crippen molar-refractivity contribution in [1.82, 2.24) is 9.55 Å². The summed E-state index contributed by atoms with van der Waals surface area (Å²) in [5, 5.41) is 0.609. The summed E-state index contributed by atoms with van der Waals surface area (Å²) in [5.74, 6) is 0.790. The predicted molar refractivity (Wildman–Crippen MR) is 88.4 cm³/mol. The highest BCUT2D eigenvalue weighted by Crippen LogP contribution is 2.32. The molecule has 1 N–H and O–H groups in total. The van der Waals surface area contributed by atoms with Gasteiger partial charge in [-0.25, -0.2) is 0 Å². The van der Waals surface area contributed by atoms with E-state index in [0.717, 1.165) is 29.8 Å². The van der Waals surface area contributed by atoms with Crippen LogP contribution in [0.2, 0.25) is 0 Å². The third-order valence-electron chi connectivity index (χ3n) is 3.74. The van der Waals surface area contributed by atoms with Gasteiger partial charge in [-0.05, 0) is 49.3 Å². The normalized spacial score (nSPS) is 14.2. The van der Waals surface area contributed by atoms with Gasteiger partial charge in [0.2, 0.25) is 0 Å². The van der Waals surface area contributed by atoms with E-state index in [1.54, 1.807) is 6.07 Å². The quantitative estimate of drug-likeness (QED) is 0.752. The van der Waals surface area contributed by atoms with Gasteiger partial charge in [0.15, 0.2) is 4.77 Å². The van der Waals surface area contributed by atoms with Crippen molar-refractivity contribution in [2.45, 2.75) is 18.9 Å². The second kappa shape index (κ2) is 5.10. The van der Waals surface area contributed by atoms with Crippen LogP contribution in [0.4, 0.5) is 0 Å². The molecule has 4 rings (SSSR count). The minimum Gasteiger partial charge on any atom is -0.488 e. The van der Waals surface area contributed by atoms with Crippen molar-refractivity contribution in [3.05, 3.63) is 63.7 Å². The van der Waals surface area contributed by atoms with Crippen LogP contribution in [0.15, 0.2) is 53.3 Å². The fourth-order valence-corrected chi connectivity index (χ4v) is 2.83. The van der Waals surface area contributed by atoms with Gasteiger partial charge in [-0.15, -0.1) is 0 Å². The number of rotatable bonds is 3. The second-order valence-electron chi connectivity index (χ2n) is 5.40. The molecule has 0 bridgehead atoms. The van der Waals surface area contributed by atoms with Crippen LogP contribution in [-0.4, -0.2) is 15.7 Å². The number of fused-ring (bicyclic) bond motifs is 1. The molecule has 2 aromatic carbocycles. The number of benzene rings is 2. The molecule has 1 aliphatic rings. The third-order valence-corrected chi connectivity index (χ3v) is 4.02.